The molecule has 2 heterocycles. The van der Waals surface area contributed by atoms with Crippen LogP contribution in [0.15, 0.2) is 48.8 Å². The Morgan fingerprint density at radius 3 is 2.71 bits per heavy atom. The average molecular weight is 362 g/mol. The van der Waals surface area contributed by atoms with E-state index < -0.39 is 6.64 Å². The number of pyridine rings is 1. The Bertz CT molecular complexity index is 734. The van der Waals surface area contributed by atoms with Crippen LogP contribution in [0.25, 0.3) is 0 Å². The van der Waals surface area contributed by atoms with E-state index in [9.17, 15) is 0 Å². The second-order valence-corrected chi connectivity index (χ2v) is 10.1. The molecule has 1 aliphatic heterocycles. The fourth-order valence-corrected chi connectivity index (χ4v) is 5.07. The van der Waals surface area contributed by atoms with Crippen molar-refractivity contribution in [2.45, 2.75) is 33.4 Å². The van der Waals surface area contributed by atoms with Crippen LogP contribution in [0, 0.1) is 12.3 Å². The van der Waals surface area contributed by atoms with Crippen molar-refractivity contribution in [1.29, 1.82) is 0 Å². The van der Waals surface area contributed by atoms with Gasteiger partial charge in [0, 0.05) is 24.4 Å². The topological polar surface area (TPSA) is 43.4 Å². The van der Waals surface area contributed by atoms with Crippen LogP contribution < -0.4 is 5.09 Å². The first-order valence-corrected chi connectivity index (χ1v) is 10.7. The summed E-state index contributed by atoms with van der Waals surface area (Å²) in [6.07, 6.45) is 3.49. The van der Waals surface area contributed by atoms with Gasteiger partial charge in [-0.3, -0.25) is 4.98 Å². The van der Waals surface area contributed by atoms with Crippen molar-refractivity contribution >= 4 is 18.4 Å². The number of aromatic nitrogens is 1. The quantitative estimate of drug-likeness (QED) is 0.810. The predicted molar refractivity (Wildman–Crippen MR) is 100 cm³/mol. The molecule has 2 aromatic rings. The molecule has 6 heteroatoms. The van der Waals surface area contributed by atoms with E-state index in [1.165, 1.54) is 5.56 Å². The summed E-state index contributed by atoms with van der Waals surface area (Å²) >= 11 is 5.69. The Kier molecular flexibility index (Phi) is 5.19. The maximum absolute atomic E-state index is 6.31. The lowest BCUT2D eigenvalue weighted by atomic mass is 9.83. The van der Waals surface area contributed by atoms with Crippen LogP contribution in [-0.4, -0.2) is 11.6 Å². The van der Waals surface area contributed by atoms with Gasteiger partial charge in [0.05, 0.1) is 12.7 Å². The standard InChI is InChI=1S/C18H23N2O2PS/c1-14-6-8-16(9-7-14)17-18(2,3)13-21-23(24,22-17)20-12-15-5-4-10-19-11-15/h4-11,17H,12-13H2,1-3H3,(H,20,24)/t17-,23-/m0/s1. The molecule has 0 saturated carbocycles. The van der Waals surface area contributed by atoms with Gasteiger partial charge in [0.1, 0.15) is 0 Å². The van der Waals surface area contributed by atoms with Crippen LogP contribution in [0.3, 0.4) is 0 Å². The summed E-state index contributed by atoms with van der Waals surface area (Å²) in [5.74, 6) is 0. The minimum absolute atomic E-state index is 0.0842. The lowest BCUT2D eigenvalue weighted by molar-refractivity contribution is -0.0151. The van der Waals surface area contributed by atoms with Crippen molar-refractivity contribution in [3.05, 3.63) is 65.5 Å². The Balaban J connectivity index is 1.76. The summed E-state index contributed by atoms with van der Waals surface area (Å²) < 4.78 is 12.3. The molecule has 3 rings (SSSR count). The summed E-state index contributed by atoms with van der Waals surface area (Å²) in [6.45, 7) is 5.01. The molecule has 24 heavy (non-hydrogen) atoms. The van der Waals surface area contributed by atoms with Crippen LogP contribution in [0.1, 0.15) is 36.6 Å². The Morgan fingerprint density at radius 1 is 1.29 bits per heavy atom. The van der Waals surface area contributed by atoms with Crippen LogP contribution >= 0.6 is 6.64 Å². The molecule has 1 aliphatic rings. The van der Waals surface area contributed by atoms with Crippen molar-refractivity contribution in [2.75, 3.05) is 6.61 Å². The molecule has 0 spiro atoms. The fraction of sp³-hybridized carbons (Fsp3) is 0.389. The zero-order valence-corrected chi connectivity index (χ0v) is 15.9. The number of aryl methyl sites for hydroxylation is 1. The minimum atomic E-state index is -2.54. The zero-order chi connectivity index (χ0) is 17.2. The van der Waals surface area contributed by atoms with Gasteiger partial charge >= 0.3 is 0 Å². The highest BCUT2D eigenvalue weighted by Gasteiger charge is 2.42. The number of hydrogen-bond donors (Lipinski definition) is 1. The molecule has 0 bridgehead atoms. The third-order valence-corrected chi connectivity index (χ3v) is 6.60. The smallest absolute Gasteiger partial charge is 0.262 e. The Hall–Kier alpha value is -1.10. The van der Waals surface area contributed by atoms with Crippen molar-refractivity contribution in [1.82, 2.24) is 10.1 Å². The Labute approximate surface area is 148 Å². The van der Waals surface area contributed by atoms with Crippen molar-refractivity contribution in [3.63, 3.8) is 0 Å². The highest BCUT2D eigenvalue weighted by Crippen LogP contribution is 2.58. The molecule has 4 nitrogen and oxygen atoms in total. The SMILES string of the molecule is Cc1ccc([C@@H]2O[P@](=S)(NCc3cccnc3)OCC2(C)C)cc1. The number of nitrogens with zero attached hydrogens (tertiary/aromatic N) is 1. The zero-order valence-electron chi connectivity index (χ0n) is 14.2. The molecule has 0 aliphatic carbocycles. The van der Waals surface area contributed by atoms with Crippen LogP contribution in [-0.2, 0) is 27.4 Å². The summed E-state index contributed by atoms with van der Waals surface area (Å²) in [7, 11) is 0. The van der Waals surface area contributed by atoms with E-state index >= 15 is 0 Å². The molecule has 128 valence electrons. The maximum atomic E-state index is 6.31. The van der Waals surface area contributed by atoms with Gasteiger partial charge < -0.3 is 9.05 Å². The first-order valence-electron chi connectivity index (χ1n) is 8.02. The lowest BCUT2D eigenvalue weighted by Gasteiger charge is -2.43. The van der Waals surface area contributed by atoms with E-state index in [2.05, 4.69) is 55.1 Å². The molecule has 1 saturated heterocycles. The van der Waals surface area contributed by atoms with Crippen LogP contribution in [0.2, 0.25) is 0 Å². The fourth-order valence-electron chi connectivity index (χ4n) is 2.67. The average Bonchev–Trinajstić information content (AvgIpc) is 2.58. The molecular weight excluding hydrogens is 339 g/mol. The lowest BCUT2D eigenvalue weighted by Crippen LogP contribution is -2.35. The second-order valence-electron chi connectivity index (χ2n) is 6.85. The van der Waals surface area contributed by atoms with Gasteiger partial charge in [0.25, 0.3) is 6.64 Å². The van der Waals surface area contributed by atoms with E-state index in [1.807, 2.05) is 18.3 Å². The second kappa shape index (κ2) is 7.03. The van der Waals surface area contributed by atoms with Gasteiger partial charge in [-0.1, -0.05) is 49.7 Å². The number of hydrogen-bond acceptors (Lipinski definition) is 4. The molecule has 1 aromatic heterocycles. The van der Waals surface area contributed by atoms with Crippen molar-refractivity contribution in [3.8, 4) is 0 Å². The van der Waals surface area contributed by atoms with E-state index in [0.717, 1.165) is 11.1 Å². The van der Waals surface area contributed by atoms with E-state index in [4.69, 9.17) is 20.9 Å². The Morgan fingerprint density at radius 2 is 2.04 bits per heavy atom. The van der Waals surface area contributed by atoms with Gasteiger partial charge in [0.15, 0.2) is 0 Å². The van der Waals surface area contributed by atoms with E-state index in [0.29, 0.717) is 13.2 Å². The molecule has 1 aromatic carbocycles. The third-order valence-electron chi connectivity index (χ3n) is 4.14. The summed E-state index contributed by atoms with van der Waals surface area (Å²) in [5.41, 5.74) is 3.31. The minimum Gasteiger partial charge on any atom is -0.317 e. The summed E-state index contributed by atoms with van der Waals surface area (Å²) in [5, 5.41) is 3.30. The largest absolute Gasteiger partial charge is 0.317 e. The predicted octanol–water partition coefficient (Wildman–Crippen LogP) is 4.52. The van der Waals surface area contributed by atoms with E-state index in [1.54, 1.807) is 6.20 Å². The number of benzene rings is 1. The number of nitrogens with one attached hydrogen (secondary N) is 1. The molecule has 1 N–H and O–H groups in total. The highest BCUT2D eigenvalue weighted by molar-refractivity contribution is 8.09. The summed E-state index contributed by atoms with van der Waals surface area (Å²) in [4.78, 5) is 4.12. The first-order chi connectivity index (χ1) is 11.4. The van der Waals surface area contributed by atoms with Gasteiger partial charge in [0.2, 0.25) is 0 Å². The van der Waals surface area contributed by atoms with E-state index in [-0.39, 0.29) is 11.5 Å². The van der Waals surface area contributed by atoms with Gasteiger partial charge in [-0.05, 0) is 35.9 Å². The maximum Gasteiger partial charge on any atom is 0.262 e. The van der Waals surface area contributed by atoms with Crippen molar-refractivity contribution in [2.24, 2.45) is 5.41 Å². The normalized spacial score (nSPS) is 26.2. The monoisotopic (exact) mass is 362 g/mol. The molecule has 2 atom stereocenters. The molecule has 0 radical (unpaired) electrons. The third kappa shape index (κ3) is 4.11. The van der Waals surface area contributed by atoms with Crippen molar-refractivity contribution < 1.29 is 9.05 Å². The number of rotatable bonds is 4. The van der Waals surface area contributed by atoms with Crippen LogP contribution in [0.4, 0.5) is 0 Å². The van der Waals surface area contributed by atoms with Gasteiger partial charge in [-0.2, -0.15) is 0 Å². The molecular formula is C18H23N2O2PS. The molecule has 0 amide bonds. The molecule has 0 unspecified atom stereocenters. The van der Waals surface area contributed by atoms with Crippen LogP contribution in [0.5, 0.6) is 0 Å². The molecule has 1 fully saturated rings. The summed E-state index contributed by atoms with van der Waals surface area (Å²) in [6, 6.07) is 12.4. The highest BCUT2D eigenvalue weighted by atomic mass is 32.5. The van der Waals surface area contributed by atoms with Gasteiger partial charge in [-0.25, -0.2) is 5.09 Å². The first kappa shape index (κ1) is 17.7. The van der Waals surface area contributed by atoms with Gasteiger partial charge in [-0.15, -0.1) is 0 Å².